The molecule has 0 unspecified atom stereocenters. The standard InChI is InChI=1S/C11H12ClN3S/c1-6-9(10-8(12)4-5-16-10)14-7(2)15-11(6)13-3/h4-5H,1-3H3,(H,13,14,15). The van der Waals surface area contributed by atoms with E-state index in [0.29, 0.717) is 0 Å². The highest BCUT2D eigenvalue weighted by Gasteiger charge is 2.13. The van der Waals surface area contributed by atoms with Crippen molar-refractivity contribution in [2.75, 3.05) is 12.4 Å². The Bertz CT molecular complexity index is 522. The van der Waals surface area contributed by atoms with E-state index in [4.69, 9.17) is 11.6 Å². The van der Waals surface area contributed by atoms with Crippen molar-refractivity contribution in [2.45, 2.75) is 13.8 Å². The van der Waals surface area contributed by atoms with E-state index in [9.17, 15) is 0 Å². The van der Waals surface area contributed by atoms with E-state index in [1.54, 1.807) is 11.3 Å². The third kappa shape index (κ3) is 1.90. The van der Waals surface area contributed by atoms with Gasteiger partial charge in [0, 0.05) is 12.6 Å². The molecule has 0 fully saturated rings. The highest BCUT2D eigenvalue weighted by molar-refractivity contribution is 7.14. The van der Waals surface area contributed by atoms with Crippen LogP contribution < -0.4 is 5.32 Å². The van der Waals surface area contributed by atoms with E-state index in [1.165, 1.54) is 0 Å². The zero-order valence-corrected chi connectivity index (χ0v) is 10.9. The van der Waals surface area contributed by atoms with Crippen molar-refractivity contribution in [2.24, 2.45) is 0 Å². The molecule has 0 amide bonds. The molecule has 0 saturated heterocycles. The van der Waals surface area contributed by atoms with Crippen LogP contribution in [0.15, 0.2) is 11.4 Å². The van der Waals surface area contributed by atoms with Crippen LogP contribution in [0.5, 0.6) is 0 Å². The Morgan fingerprint density at radius 1 is 1.31 bits per heavy atom. The van der Waals surface area contributed by atoms with Crippen molar-refractivity contribution in [1.82, 2.24) is 9.97 Å². The molecular formula is C11H12ClN3S. The minimum Gasteiger partial charge on any atom is -0.373 e. The molecule has 1 N–H and O–H groups in total. The first kappa shape index (κ1) is 11.4. The third-order valence-corrected chi connectivity index (χ3v) is 3.67. The van der Waals surface area contributed by atoms with Crippen molar-refractivity contribution in [3.05, 3.63) is 27.9 Å². The predicted molar refractivity (Wildman–Crippen MR) is 69.4 cm³/mol. The van der Waals surface area contributed by atoms with Crippen LogP contribution in [0.25, 0.3) is 10.6 Å². The van der Waals surface area contributed by atoms with Crippen molar-refractivity contribution in [3.8, 4) is 10.6 Å². The molecule has 0 aliphatic heterocycles. The maximum atomic E-state index is 6.12. The molecule has 0 atom stereocenters. The predicted octanol–water partition coefficient (Wildman–Crippen LogP) is 3.52. The number of aromatic nitrogens is 2. The third-order valence-electron chi connectivity index (χ3n) is 2.33. The average molecular weight is 254 g/mol. The van der Waals surface area contributed by atoms with Crippen LogP contribution in [0, 0.1) is 13.8 Å². The number of anilines is 1. The summed E-state index contributed by atoms with van der Waals surface area (Å²) in [5.74, 6) is 1.60. The molecular weight excluding hydrogens is 242 g/mol. The van der Waals surface area contributed by atoms with E-state index in [1.807, 2.05) is 32.3 Å². The van der Waals surface area contributed by atoms with Gasteiger partial charge in [0.15, 0.2) is 0 Å². The van der Waals surface area contributed by atoms with Gasteiger partial charge in [0.05, 0.1) is 15.6 Å². The van der Waals surface area contributed by atoms with Gasteiger partial charge in [-0.3, -0.25) is 0 Å². The van der Waals surface area contributed by atoms with Gasteiger partial charge in [-0.25, -0.2) is 9.97 Å². The Kier molecular flexibility index (Phi) is 3.12. The van der Waals surface area contributed by atoms with E-state index < -0.39 is 0 Å². The lowest BCUT2D eigenvalue weighted by Crippen LogP contribution is -2.02. The quantitative estimate of drug-likeness (QED) is 0.890. The topological polar surface area (TPSA) is 37.8 Å². The number of nitrogens with one attached hydrogen (secondary N) is 1. The molecule has 0 spiro atoms. The maximum Gasteiger partial charge on any atom is 0.133 e. The van der Waals surface area contributed by atoms with Crippen LogP contribution in [0.4, 0.5) is 5.82 Å². The smallest absolute Gasteiger partial charge is 0.133 e. The van der Waals surface area contributed by atoms with Crippen molar-refractivity contribution < 1.29 is 0 Å². The Labute approximate surface area is 104 Å². The van der Waals surface area contributed by atoms with Crippen molar-refractivity contribution >= 4 is 28.8 Å². The number of halogens is 1. The number of hydrogen-bond acceptors (Lipinski definition) is 4. The summed E-state index contributed by atoms with van der Waals surface area (Å²) in [5, 5.41) is 5.78. The lowest BCUT2D eigenvalue weighted by atomic mass is 10.2. The van der Waals surface area contributed by atoms with Crippen LogP contribution in [0.1, 0.15) is 11.4 Å². The molecule has 0 radical (unpaired) electrons. The SMILES string of the molecule is CNc1nc(C)nc(-c2sccc2Cl)c1C. The fourth-order valence-corrected chi connectivity index (χ4v) is 2.75. The average Bonchev–Trinajstić information content (AvgIpc) is 2.67. The first-order chi connectivity index (χ1) is 7.63. The molecule has 3 nitrogen and oxygen atoms in total. The fourth-order valence-electron chi connectivity index (χ4n) is 1.56. The zero-order chi connectivity index (χ0) is 11.7. The van der Waals surface area contributed by atoms with Gasteiger partial charge in [-0.1, -0.05) is 11.6 Å². The Morgan fingerprint density at radius 3 is 2.62 bits per heavy atom. The summed E-state index contributed by atoms with van der Waals surface area (Å²) in [4.78, 5) is 9.79. The van der Waals surface area contributed by atoms with Gasteiger partial charge in [0.2, 0.25) is 0 Å². The monoisotopic (exact) mass is 253 g/mol. The second-order valence-corrected chi connectivity index (χ2v) is 4.76. The highest BCUT2D eigenvalue weighted by Crippen LogP contribution is 2.35. The van der Waals surface area contributed by atoms with Crippen molar-refractivity contribution in [3.63, 3.8) is 0 Å². The summed E-state index contributed by atoms with van der Waals surface area (Å²) in [6.45, 7) is 3.88. The largest absolute Gasteiger partial charge is 0.373 e. The molecule has 2 rings (SSSR count). The van der Waals surface area contributed by atoms with Gasteiger partial charge in [-0.15, -0.1) is 11.3 Å². The first-order valence-electron chi connectivity index (χ1n) is 4.90. The summed E-state index contributed by atoms with van der Waals surface area (Å²) in [7, 11) is 1.86. The molecule has 0 bridgehead atoms. The van der Waals surface area contributed by atoms with Gasteiger partial charge < -0.3 is 5.32 Å². The number of hydrogen-bond donors (Lipinski definition) is 1. The van der Waals surface area contributed by atoms with Crippen LogP contribution in [-0.4, -0.2) is 17.0 Å². The number of nitrogens with zero attached hydrogens (tertiary/aromatic N) is 2. The van der Waals surface area contributed by atoms with Gasteiger partial charge >= 0.3 is 0 Å². The molecule has 2 aromatic rings. The summed E-state index contributed by atoms with van der Waals surface area (Å²) >= 11 is 7.72. The van der Waals surface area contributed by atoms with Crippen LogP contribution in [0.3, 0.4) is 0 Å². The van der Waals surface area contributed by atoms with Crippen LogP contribution in [0.2, 0.25) is 5.02 Å². The highest BCUT2D eigenvalue weighted by atomic mass is 35.5. The maximum absolute atomic E-state index is 6.12. The van der Waals surface area contributed by atoms with E-state index in [0.717, 1.165) is 32.8 Å². The van der Waals surface area contributed by atoms with Crippen molar-refractivity contribution in [1.29, 1.82) is 0 Å². The Morgan fingerprint density at radius 2 is 2.06 bits per heavy atom. The van der Waals surface area contributed by atoms with Gasteiger partial charge in [0.1, 0.15) is 11.6 Å². The van der Waals surface area contributed by atoms with E-state index >= 15 is 0 Å². The molecule has 16 heavy (non-hydrogen) atoms. The zero-order valence-electron chi connectivity index (χ0n) is 9.34. The summed E-state index contributed by atoms with van der Waals surface area (Å²) in [6.07, 6.45) is 0. The minimum atomic E-state index is 0.744. The fraction of sp³-hybridized carbons (Fsp3) is 0.273. The van der Waals surface area contributed by atoms with Crippen LogP contribution >= 0.6 is 22.9 Å². The van der Waals surface area contributed by atoms with E-state index in [2.05, 4.69) is 15.3 Å². The van der Waals surface area contributed by atoms with Gasteiger partial charge in [-0.2, -0.15) is 0 Å². The van der Waals surface area contributed by atoms with E-state index in [-0.39, 0.29) is 0 Å². The molecule has 5 heteroatoms. The summed E-state index contributed by atoms with van der Waals surface area (Å²) in [5.41, 5.74) is 1.94. The Hall–Kier alpha value is -1.13. The summed E-state index contributed by atoms with van der Waals surface area (Å²) in [6, 6.07) is 1.89. The number of aryl methyl sites for hydroxylation is 1. The molecule has 0 aromatic carbocycles. The molecule has 2 heterocycles. The van der Waals surface area contributed by atoms with Gasteiger partial charge in [0.25, 0.3) is 0 Å². The Balaban J connectivity index is 2.65. The molecule has 84 valence electrons. The lowest BCUT2D eigenvalue weighted by Gasteiger charge is -2.09. The number of thiophene rings is 1. The lowest BCUT2D eigenvalue weighted by molar-refractivity contribution is 1.04. The first-order valence-corrected chi connectivity index (χ1v) is 6.15. The molecule has 0 aliphatic rings. The normalized spacial score (nSPS) is 10.5. The second kappa shape index (κ2) is 4.39. The molecule has 0 aliphatic carbocycles. The second-order valence-electron chi connectivity index (χ2n) is 3.44. The number of rotatable bonds is 2. The molecule has 0 saturated carbocycles. The summed E-state index contributed by atoms with van der Waals surface area (Å²) < 4.78 is 0. The van der Waals surface area contributed by atoms with Crippen LogP contribution in [-0.2, 0) is 0 Å². The molecule has 2 aromatic heterocycles. The minimum absolute atomic E-state index is 0.744. The van der Waals surface area contributed by atoms with Gasteiger partial charge in [-0.05, 0) is 25.3 Å².